The molecule has 0 aliphatic rings. The summed E-state index contributed by atoms with van der Waals surface area (Å²) < 4.78 is 0. The zero-order valence-electron chi connectivity index (χ0n) is 9.65. The minimum Gasteiger partial charge on any atom is -0.370 e. The molecular formula is C13H14ClN3. The van der Waals surface area contributed by atoms with Crippen molar-refractivity contribution in [1.82, 2.24) is 9.97 Å². The van der Waals surface area contributed by atoms with Gasteiger partial charge < -0.3 is 5.32 Å². The van der Waals surface area contributed by atoms with Crippen molar-refractivity contribution in [3.05, 3.63) is 41.7 Å². The predicted octanol–water partition coefficient (Wildman–Crippen LogP) is 3.62. The molecule has 0 aliphatic carbocycles. The van der Waals surface area contributed by atoms with Gasteiger partial charge in [0.2, 0.25) is 0 Å². The second-order valence-corrected chi connectivity index (χ2v) is 4.16. The van der Waals surface area contributed by atoms with Crippen LogP contribution in [0.3, 0.4) is 0 Å². The minimum atomic E-state index is 0.729. The molecule has 0 saturated carbocycles. The molecule has 4 heteroatoms. The van der Waals surface area contributed by atoms with E-state index in [-0.39, 0.29) is 0 Å². The van der Waals surface area contributed by atoms with Crippen LogP contribution in [0.5, 0.6) is 0 Å². The molecule has 17 heavy (non-hydrogen) atoms. The molecule has 0 spiro atoms. The normalized spacial score (nSPS) is 10.2. The summed E-state index contributed by atoms with van der Waals surface area (Å²) in [7, 11) is 0. The van der Waals surface area contributed by atoms with E-state index in [1.54, 1.807) is 6.33 Å². The van der Waals surface area contributed by atoms with Crippen LogP contribution in [0, 0.1) is 0 Å². The lowest BCUT2D eigenvalue weighted by molar-refractivity contribution is 0.965. The highest BCUT2D eigenvalue weighted by Crippen LogP contribution is 2.20. The highest BCUT2D eigenvalue weighted by atomic mass is 35.5. The Labute approximate surface area is 106 Å². The first-order valence-corrected chi connectivity index (χ1v) is 5.99. The fourth-order valence-corrected chi connectivity index (χ4v) is 1.61. The molecule has 1 aromatic carbocycles. The maximum atomic E-state index is 5.85. The molecule has 0 bridgehead atoms. The van der Waals surface area contributed by atoms with Crippen LogP contribution in [0.2, 0.25) is 5.02 Å². The van der Waals surface area contributed by atoms with Crippen LogP contribution in [0.4, 0.5) is 5.82 Å². The highest BCUT2D eigenvalue weighted by molar-refractivity contribution is 6.30. The summed E-state index contributed by atoms with van der Waals surface area (Å²) >= 11 is 5.85. The molecule has 0 aliphatic heterocycles. The summed E-state index contributed by atoms with van der Waals surface area (Å²) in [5.74, 6) is 0.854. The highest BCUT2D eigenvalue weighted by Gasteiger charge is 2.01. The molecule has 0 amide bonds. The van der Waals surface area contributed by atoms with Gasteiger partial charge in [-0.05, 0) is 18.6 Å². The number of nitrogens with one attached hydrogen (secondary N) is 1. The molecule has 88 valence electrons. The summed E-state index contributed by atoms with van der Waals surface area (Å²) in [4.78, 5) is 8.42. The summed E-state index contributed by atoms with van der Waals surface area (Å²) in [6.45, 7) is 3.03. The minimum absolute atomic E-state index is 0.729. The van der Waals surface area contributed by atoms with Gasteiger partial charge in [0.05, 0.1) is 5.69 Å². The molecule has 0 atom stereocenters. The van der Waals surface area contributed by atoms with Crippen LogP contribution < -0.4 is 5.32 Å². The largest absolute Gasteiger partial charge is 0.370 e. The molecule has 0 unspecified atom stereocenters. The van der Waals surface area contributed by atoms with E-state index in [0.717, 1.165) is 35.1 Å². The molecule has 1 N–H and O–H groups in total. The van der Waals surface area contributed by atoms with E-state index in [0.29, 0.717) is 0 Å². The Morgan fingerprint density at radius 1 is 1.18 bits per heavy atom. The summed E-state index contributed by atoms with van der Waals surface area (Å²) in [6, 6.07) is 9.57. The molecule has 0 saturated heterocycles. The van der Waals surface area contributed by atoms with Crippen molar-refractivity contribution in [2.24, 2.45) is 0 Å². The van der Waals surface area contributed by atoms with Gasteiger partial charge in [-0.1, -0.05) is 30.7 Å². The van der Waals surface area contributed by atoms with Gasteiger partial charge in [-0.3, -0.25) is 0 Å². The second-order valence-electron chi connectivity index (χ2n) is 3.72. The zero-order chi connectivity index (χ0) is 12.1. The maximum absolute atomic E-state index is 5.85. The van der Waals surface area contributed by atoms with Crippen molar-refractivity contribution in [3.63, 3.8) is 0 Å². The van der Waals surface area contributed by atoms with E-state index in [9.17, 15) is 0 Å². The second kappa shape index (κ2) is 5.64. The van der Waals surface area contributed by atoms with E-state index in [1.807, 2.05) is 30.3 Å². The molecule has 1 heterocycles. The molecular weight excluding hydrogens is 234 g/mol. The van der Waals surface area contributed by atoms with Crippen LogP contribution in [-0.4, -0.2) is 16.5 Å². The van der Waals surface area contributed by atoms with Crippen molar-refractivity contribution in [2.45, 2.75) is 13.3 Å². The van der Waals surface area contributed by atoms with Gasteiger partial charge in [-0.2, -0.15) is 0 Å². The van der Waals surface area contributed by atoms with Crippen molar-refractivity contribution in [3.8, 4) is 11.3 Å². The standard InChI is InChI=1S/C13H14ClN3/c1-2-7-15-13-8-12(16-9-17-13)10-3-5-11(14)6-4-10/h3-6,8-9H,2,7H2,1H3,(H,15,16,17). The lowest BCUT2D eigenvalue weighted by atomic mass is 10.1. The number of hydrogen-bond acceptors (Lipinski definition) is 3. The van der Waals surface area contributed by atoms with Crippen molar-refractivity contribution >= 4 is 17.4 Å². The molecule has 3 nitrogen and oxygen atoms in total. The van der Waals surface area contributed by atoms with Crippen LogP contribution in [0.1, 0.15) is 13.3 Å². The number of rotatable bonds is 4. The first-order valence-electron chi connectivity index (χ1n) is 5.61. The molecule has 0 fully saturated rings. The van der Waals surface area contributed by atoms with Crippen LogP contribution >= 0.6 is 11.6 Å². The molecule has 2 aromatic rings. The van der Waals surface area contributed by atoms with Gasteiger partial charge in [0.25, 0.3) is 0 Å². The summed E-state index contributed by atoms with van der Waals surface area (Å²) in [5.41, 5.74) is 1.94. The number of halogens is 1. The van der Waals surface area contributed by atoms with E-state index in [4.69, 9.17) is 11.6 Å². The first kappa shape index (κ1) is 11.9. The maximum Gasteiger partial charge on any atom is 0.129 e. The topological polar surface area (TPSA) is 37.8 Å². The van der Waals surface area contributed by atoms with Crippen LogP contribution in [0.25, 0.3) is 11.3 Å². The summed E-state index contributed by atoms with van der Waals surface area (Å²) in [6.07, 6.45) is 2.64. The fraction of sp³-hybridized carbons (Fsp3) is 0.231. The molecule has 1 aromatic heterocycles. The van der Waals surface area contributed by atoms with Crippen molar-refractivity contribution in [1.29, 1.82) is 0 Å². The third kappa shape index (κ3) is 3.17. The van der Waals surface area contributed by atoms with Gasteiger partial charge in [0.1, 0.15) is 12.1 Å². The average Bonchev–Trinajstić information content (AvgIpc) is 2.37. The van der Waals surface area contributed by atoms with Crippen LogP contribution in [0.15, 0.2) is 36.7 Å². The monoisotopic (exact) mass is 247 g/mol. The number of hydrogen-bond donors (Lipinski definition) is 1. The fourth-order valence-electron chi connectivity index (χ4n) is 1.49. The van der Waals surface area contributed by atoms with Crippen molar-refractivity contribution in [2.75, 3.05) is 11.9 Å². The average molecular weight is 248 g/mol. The quantitative estimate of drug-likeness (QED) is 0.897. The molecule has 2 rings (SSSR count). The van der Waals surface area contributed by atoms with E-state index in [2.05, 4.69) is 22.2 Å². The number of nitrogens with zero attached hydrogens (tertiary/aromatic N) is 2. The predicted molar refractivity (Wildman–Crippen MR) is 71.3 cm³/mol. The Balaban J connectivity index is 2.23. The van der Waals surface area contributed by atoms with Gasteiger partial charge in [-0.15, -0.1) is 0 Å². The third-order valence-corrected chi connectivity index (χ3v) is 2.62. The van der Waals surface area contributed by atoms with Gasteiger partial charge >= 0.3 is 0 Å². The number of aromatic nitrogens is 2. The number of benzene rings is 1. The van der Waals surface area contributed by atoms with Crippen molar-refractivity contribution < 1.29 is 0 Å². The Morgan fingerprint density at radius 3 is 2.65 bits per heavy atom. The van der Waals surface area contributed by atoms with Crippen LogP contribution in [-0.2, 0) is 0 Å². The lowest BCUT2D eigenvalue weighted by Gasteiger charge is -2.05. The van der Waals surface area contributed by atoms with Gasteiger partial charge in [0, 0.05) is 23.2 Å². The first-order chi connectivity index (χ1) is 8.29. The zero-order valence-corrected chi connectivity index (χ0v) is 10.4. The van der Waals surface area contributed by atoms with Gasteiger partial charge in [0.15, 0.2) is 0 Å². The Hall–Kier alpha value is -1.61. The van der Waals surface area contributed by atoms with Gasteiger partial charge in [-0.25, -0.2) is 9.97 Å². The SMILES string of the molecule is CCCNc1cc(-c2ccc(Cl)cc2)ncn1. The summed E-state index contributed by atoms with van der Waals surface area (Å²) in [5, 5.41) is 3.97. The Kier molecular flexibility index (Phi) is 3.94. The van der Waals surface area contributed by atoms with E-state index >= 15 is 0 Å². The lowest BCUT2D eigenvalue weighted by Crippen LogP contribution is -2.02. The van der Waals surface area contributed by atoms with E-state index in [1.165, 1.54) is 0 Å². The van der Waals surface area contributed by atoms with E-state index < -0.39 is 0 Å². The Bertz CT molecular complexity index is 482. The Morgan fingerprint density at radius 2 is 1.94 bits per heavy atom. The number of anilines is 1. The third-order valence-electron chi connectivity index (χ3n) is 2.36. The smallest absolute Gasteiger partial charge is 0.129 e. The molecule has 0 radical (unpaired) electrons.